The van der Waals surface area contributed by atoms with Crippen LogP contribution in [0.25, 0.3) is 0 Å². The Morgan fingerprint density at radius 1 is 1.13 bits per heavy atom. The predicted molar refractivity (Wildman–Crippen MR) is 85.6 cm³/mol. The van der Waals surface area contributed by atoms with Crippen molar-refractivity contribution in [2.24, 2.45) is 0 Å². The van der Waals surface area contributed by atoms with Gasteiger partial charge in [0.05, 0.1) is 4.90 Å². The molecule has 1 aromatic heterocycles. The van der Waals surface area contributed by atoms with Crippen LogP contribution in [0.5, 0.6) is 5.88 Å². The number of carbonyl (C=O) groups excluding carboxylic acids is 1. The summed E-state index contributed by atoms with van der Waals surface area (Å²) in [5, 5.41) is 0. The number of sulfonamides is 1. The molecular formula is C16H18N2O4S. The van der Waals surface area contributed by atoms with Gasteiger partial charge in [-0.2, -0.15) is 0 Å². The summed E-state index contributed by atoms with van der Waals surface area (Å²) in [7, 11) is -3.96. The molecule has 0 aliphatic carbocycles. The Labute approximate surface area is 135 Å². The van der Waals surface area contributed by atoms with Gasteiger partial charge in [0.2, 0.25) is 5.88 Å². The van der Waals surface area contributed by atoms with Crippen molar-refractivity contribution < 1.29 is 17.9 Å². The van der Waals surface area contributed by atoms with Crippen molar-refractivity contribution in [3.8, 4) is 5.88 Å². The lowest BCUT2D eigenvalue weighted by atomic mass is 10.2. The molecule has 7 heteroatoms. The zero-order valence-corrected chi connectivity index (χ0v) is 13.9. The van der Waals surface area contributed by atoms with Gasteiger partial charge >= 0.3 is 0 Å². The van der Waals surface area contributed by atoms with Gasteiger partial charge in [0, 0.05) is 12.3 Å². The molecule has 1 heterocycles. The molecular weight excluding hydrogens is 316 g/mol. The minimum Gasteiger partial charge on any atom is -0.464 e. The first-order valence-corrected chi connectivity index (χ1v) is 8.50. The molecule has 122 valence electrons. The summed E-state index contributed by atoms with van der Waals surface area (Å²) in [5.74, 6) is -0.502. The van der Waals surface area contributed by atoms with E-state index in [-0.39, 0.29) is 10.8 Å². The Kier molecular flexibility index (Phi) is 5.00. The van der Waals surface area contributed by atoms with Gasteiger partial charge in [-0.25, -0.2) is 18.1 Å². The minimum atomic E-state index is -3.96. The molecule has 0 saturated carbocycles. The smallest absolute Gasteiger partial charge is 0.274 e. The number of aromatic nitrogens is 1. The molecule has 0 fully saturated rings. The van der Waals surface area contributed by atoms with E-state index in [1.807, 2.05) is 0 Å². The molecule has 0 bridgehead atoms. The van der Waals surface area contributed by atoms with Crippen molar-refractivity contribution in [2.45, 2.75) is 31.8 Å². The molecule has 2 rings (SSSR count). The average Bonchev–Trinajstić information content (AvgIpc) is 2.47. The van der Waals surface area contributed by atoms with E-state index in [4.69, 9.17) is 4.74 Å². The fourth-order valence-electron chi connectivity index (χ4n) is 2.14. The Balaban J connectivity index is 2.15. The van der Waals surface area contributed by atoms with Crippen LogP contribution in [-0.4, -0.2) is 25.4 Å². The summed E-state index contributed by atoms with van der Waals surface area (Å²) >= 11 is 0. The van der Waals surface area contributed by atoms with Crippen LogP contribution in [0.15, 0.2) is 47.5 Å². The summed E-state index contributed by atoms with van der Waals surface area (Å²) in [5.41, 5.74) is 1.15. The van der Waals surface area contributed by atoms with Crippen LogP contribution in [0.3, 0.4) is 0 Å². The zero-order valence-electron chi connectivity index (χ0n) is 13.1. The summed E-state index contributed by atoms with van der Waals surface area (Å²) in [6.45, 7) is 4.82. The highest BCUT2D eigenvalue weighted by molar-refractivity contribution is 7.90. The van der Waals surface area contributed by atoms with Gasteiger partial charge in [0.15, 0.2) is 6.10 Å². The van der Waals surface area contributed by atoms with Crippen molar-refractivity contribution in [3.63, 3.8) is 0 Å². The highest BCUT2D eigenvalue weighted by atomic mass is 32.2. The quantitative estimate of drug-likeness (QED) is 0.903. The van der Waals surface area contributed by atoms with E-state index < -0.39 is 22.0 Å². The van der Waals surface area contributed by atoms with E-state index >= 15 is 0 Å². The lowest BCUT2D eigenvalue weighted by Crippen LogP contribution is -2.40. The van der Waals surface area contributed by atoms with Gasteiger partial charge in [-0.05, 0) is 38.0 Å². The molecule has 1 atom stereocenters. The van der Waals surface area contributed by atoms with E-state index in [1.54, 1.807) is 50.2 Å². The Morgan fingerprint density at radius 2 is 1.78 bits per heavy atom. The molecule has 6 nitrogen and oxygen atoms in total. The summed E-state index contributed by atoms with van der Waals surface area (Å²) in [6, 6.07) is 10.1. The largest absolute Gasteiger partial charge is 0.464 e. The maximum absolute atomic E-state index is 12.4. The van der Waals surface area contributed by atoms with Crippen LogP contribution in [-0.2, 0) is 14.8 Å². The zero-order chi connectivity index (χ0) is 17.0. The van der Waals surface area contributed by atoms with Gasteiger partial charge in [-0.3, -0.25) is 4.79 Å². The summed E-state index contributed by atoms with van der Waals surface area (Å²) in [4.78, 5) is 16.2. The lowest BCUT2D eigenvalue weighted by Gasteiger charge is -2.16. The van der Waals surface area contributed by atoms with Crippen LogP contribution in [0, 0.1) is 13.8 Å². The van der Waals surface area contributed by atoms with Crippen LogP contribution in [0.2, 0.25) is 0 Å². The number of benzene rings is 1. The molecule has 0 saturated heterocycles. The third-order valence-corrected chi connectivity index (χ3v) is 4.87. The predicted octanol–water partition coefficient (Wildman–Crippen LogP) is 1.97. The van der Waals surface area contributed by atoms with Crippen molar-refractivity contribution in [1.82, 2.24) is 9.71 Å². The second-order valence-corrected chi connectivity index (χ2v) is 6.74. The fourth-order valence-corrected chi connectivity index (χ4v) is 3.66. The number of carbonyl (C=O) groups is 1. The van der Waals surface area contributed by atoms with Crippen molar-refractivity contribution in [1.29, 1.82) is 0 Å². The Morgan fingerprint density at radius 3 is 2.35 bits per heavy atom. The summed E-state index contributed by atoms with van der Waals surface area (Å²) < 4.78 is 32.3. The van der Waals surface area contributed by atoms with E-state index in [9.17, 15) is 13.2 Å². The third kappa shape index (κ3) is 4.07. The Hall–Kier alpha value is -2.41. The van der Waals surface area contributed by atoms with Crippen molar-refractivity contribution >= 4 is 15.9 Å². The van der Waals surface area contributed by atoms with Crippen molar-refractivity contribution in [2.75, 3.05) is 0 Å². The second kappa shape index (κ2) is 6.78. The first-order chi connectivity index (χ1) is 10.8. The highest BCUT2D eigenvalue weighted by Crippen LogP contribution is 2.19. The van der Waals surface area contributed by atoms with Gasteiger partial charge in [-0.15, -0.1) is 0 Å². The number of rotatable bonds is 5. The second-order valence-electron chi connectivity index (χ2n) is 5.12. The molecule has 0 aliphatic rings. The number of hydrogen-bond donors (Lipinski definition) is 1. The first kappa shape index (κ1) is 17.0. The lowest BCUT2D eigenvalue weighted by molar-refractivity contribution is -0.125. The first-order valence-electron chi connectivity index (χ1n) is 7.02. The standard InChI is InChI=1S/C16H18N2O4S/c1-11-7-6-8-12(2)15(11)23(20,21)18-16(19)13(3)22-14-9-4-5-10-17-14/h4-10,13H,1-3H3,(H,18,19). The number of nitrogens with one attached hydrogen (secondary N) is 1. The number of hydrogen-bond acceptors (Lipinski definition) is 5. The number of nitrogens with zero attached hydrogens (tertiary/aromatic N) is 1. The molecule has 1 unspecified atom stereocenters. The molecule has 1 N–H and O–H groups in total. The molecule has 1 aromatic carbocycles. The van der Waals surface area contributed by atoms with Crippen LogP contribution >= 0.6 is 0 Å². The van der Waals surface area contributed by atoms with Gasteiger partial charge in [-0.1, -0.05) is 24.3 Å². The molecule has 0 aliphatic heterocycles. The van der Waals surface area contributed by atoms with E-state index in [1.165, 1.54) is 13.1 Å². The minimum absolute atomic E-state index is 0.110. The van der Waals surface area contributed by atoms with Crippen LogP contribution in [0.4, 0.5) is 0 Å². The van der Waals surface area contributed by atoms with E-state index in [2.05, 4.69) is 9.71 Å². The normalized spacial score (nSPS) is 12.5. The van der Waals surface area contributed by atoms with Gasteiger partial charge < -0.3 is 4.74 Å². The van der Waals surface area contributed by atoms with E-state index in [0.717, 1.165) is 0 Å². The summed E-state index contributed by atoms with van der Waals surface area (Å²) in [6.07, 6.45) is 0.525. The molecule has 0 spiro atoms. The molecule has 1 amide bonds. The average molecular weight is 334 g/mol. The number of amides is 1. The maximum Gasteiger partial charge on any atom is 0.274 e. The van der Waals surface area contributed by atoms with E-state index in [0.29, 0.717) is 11.1 Å². The number of pyridine rings is 1. The van der Waals surface area contributed by atoms with Gasteiger partial charge in [0.25, 0.3) is 15.9 Å². The van der Waals surface area contributed by atoms with Gasteiger partial charge in [0.1, 0.15) is 0 Å². The third-order valence-electron chi connectivity index (χ3n) is 3.22. The number of ether oxygens (including phenoxy) is 1. The van der Waals surface area contributed by atoms with Crippen LogP contribution < -0.4 is 9.46 Å². The molecule has 2 aromatic rings. The van der Waals surface area contributed by atoms with Crippen LogP contribution in [0.1, 0.15) is 18.1 Å². The molecule has 23 heavy (non-hydrogen) atoms. The fraction of sp³-hybridized carbons (Fsp3) is 0.250. The molecule has 0 radical (unpaired) electrons. The highest BCUT2D eigenvalue weighted by Gasteiger charge is 2.25. The topological polar surface area (TPSA) is 85.4 Å². The Bertz CT molecular complexity index is 784. The number of aryl methyl sites for hydroxylation is 2. The SMILES string of the molecule is Cc1cccc(C)c1S(=O)(=O)NC(=O)C(C)Oc1ccccn1. The monoisotopic (exact) mass is 334 g/mol. The van der Waals surface area contributed by atoms with Crippen molar-refractivity contribution in [3.05, 3.63) is 53.7 Å². The maximum atomic E-state index is 12.4.